The molecule has 0 aliphatic carbocycles. The van der Waals surface area contributed by atoms with E-state index in [1.807, 2.05) is 18.2 Å². The fourth-order valence-corrected chi connectivity index (χ4v) is 1.89. The topological polar surface area (TPSA) is 73.1 Å². The predicted molar refractivity (Wildman–Crippen MR) is 72.0 cm³/mol. The smallest absolute Gasteiger partial charge is 0.222 e. The molecule has 0 aliphatic heterocycles. The van der Waals surface area contributed by atoms with E-state index in [0.717, 1.165) is 21.2 Å². The lowest BCUT2D eigenvalue weighted by atomic mass is 10.2. The van der Waals surface area contributed by atoms with Crippen LogP contribution in [-0.4, -0.2) is 30.2 Å². The Hall–Kier alpha value is -1.40. The van der Waals surface area contributed by atoms with E-state index in [-0.39, 0.29) is 5.95 Å². The summed E-state index contributed by atoms with van der Waals surface area (Å²) in [5.41, 5.74) is 6.48. The highest BCUT2D eigenvalue weighted by Crippen LogP contribution is 2.24. The SMILES string of the molecule is COCCNc1nc(N)nc2ccc(Br)cc12. The second kappa shape index (κ2) is 5.29. The number of ether oxygens (including phenoxy) is 1. The molecule has 1 aromatic carbocycles. The summed E-state index contributed by atoms with van der Waals surface area (Å²) in [4.78, 5) is 8.37. The van der Waals surface area contributed by atoms with E-state index in [9.17, 15) is 0 Å². The van der Waals surface area contributed by atoms with Gasteiger partial charge in [0.2, 0.25) is 5.95 Å². The Balaban J connectivity index is 2.40. The van der Waals surface area contributed by atoms with Crippen LogP contribution in [0.25, 0.3) is 10.9 Å². The summed E-state index contributed by atoms with van der Waals surface area (Å²) in [6.07, 6.45) is 0. The number of halogens is 1. The van der Waals surface area contributed by atoms with Gasteiger partial charge in [0.05, 0.1) is 12.1 Å². The highest BCUT2D eigenvalue weighted by Gasteiger charge is 2.06. The molecule has 0 saturated carbocycles. The van der Waals surface area contributed by atoms with E-state index >= 15 is 0 Å². The molecule has 0 saturated heterocycles. The first kappa shape index (κ1) is 12.1. The lowest BCUT2D eigenvalue weighted by Gasteiger charge is -2.09. The minimum absolute atomic E-state index is 0.264. The molecular weight excluding hydrogens is 284 g/mol. The van der Waals surface area contributed by atoms with Crippen LogP contribution in [0.1, 0.15) is 0 Å². The molecule has 0 spiro atoms. The second-order valence-corrected chi connectivity index (χ2v) is 4.43. The summed E-state index contributed by atoms with van der Waals surface area (Å²) in [6, 6.07) is 5.79. The van der Waals surface area contributed by atoms with Gasteiger partial charge in [0.15, 0.2) is 0 Å². The first-order valence-corrected chi connectivity index (χ1v) is 5.95. The van der Waals surface area contributed by atoms with Gasteiger partial charge in [-0.3, -0.25) is 0 Å². The van der Waals surface area contributed by atoms with Crippen LogP contribution < -0.4 is 11.1 Å². The number of benzene rings is 1. The number of aromatic nitrogens is 2. The largest absolute Gasteiger partial charge is 0.383 e. The zero-order chi connectivity index (χ0) is 12.3. The summed E-state index contributed by atoms with van der Waals surface area (Å²) in [5, 5.41) is 4.11. The van der Waals surface area contributed by atoms with Crippen molar-refractivity contribution >= 4 is 38.6 Å². The number of nitrogen functional groups attached to an aromatic ring is 1. The Bertz CT molecular complexity index is 532. The lowest BCUT2D eigenvalue weighted by Crippen LogP contribution is -2.10. The third-order valence-electron chi connectivity index (χ3n) is 2.27. The Morgan fingerprint density at radius 3 is 3.00 bits per heavy atom. The van der Waals surface area contributed by atoms with Crippen molar-refractivity contribution in [2.75, 3.05) is 31.3 Å². The fourth-order valence-electron chi connectivity index (χ4n) is 1.52. The van der Waals surface area contributed by atoms with E-state index < -0.39 is 0 Å². The molecule has 1 aromatic heterocycles. The van der Waals surface area contributed by atoms with Crippen LogP contribution in [0, 0.1) is 0 Å². The minimum atomic E-state index is 0.264. The van der Waals surface area contributed by atoms with Crippen LogP contribution in [0.3, 0.4) is 0 Å². The molecule has 5 nitrogen and oxygen atoms in total. The summed E-state index contributed by atoms with van der Waals surface area (Å²) >= 11 is 3.43. The van der Waals surface area contributed by atoms with Crippen LogP contribution >= 0.6 is 15.9 Å². The Kier molecular flexibility index (Phi) is 3.75. The van der Waals surface area contributed by atoms with Crippen molar-refractivity contribution in [2.45, 2.75) is 0 Å². The molecule has 0 unspecified atom stereocenters. The third kappa shape index (κ3) is 2.83. The second-order valence-electron chi connectivity index (χ2n) is 3.51. The van der Waals surface area contributed by atoms with Gasteiger partial charge >= 0.3 is 0 Å². The van der Waals surface area contributed by atoms with Crippen LogP contribution in [0.4, 0.5) is 11.8 Å². The number of methoxy groups -OCH3 is 1. The highest BCUT2D eigenvalue weighted by atomic mass is 79.9. The normalized spacial score (nSPS) is 10.7. The molecule has 3 N–H and O–H groups in total. The van der Waals surface area contributed by atoms with Crippen LogP contribution in [0.2, 0.25) is 0 Å². The van der Waals surface area contributed by atoms with Gasteiger partial charge in [-0.2, -0.15) is 4.98 Å². The summed E-state index contributed by atoms with van der Waals surface area (Å²) in [5.74, 6) is 0.991. The lowest BCUT2D eigenvalue weighted by molar-refractivity contribution is 0.210. The fraction of sp³-hybridized carbons (Fsp3) is 0.273. The van der Waals surface area contributed by atoms with Crippen molar-refractivity contribution in [3.63, 3.8) is 0 Å². The molecule has 0 radical (unpaired) electrons. The number of rotatable bonds is 4. The van der Waals surface area contributed by atoms with Crippen LogP contribution in [-0.2, 0) is 4.74 Å². The number of fused-ring (bicyclic) bond motifs is 1. The number of hydrogen-bond donors (Lipinski definition) is 2. The maximum Gasteiger partial charge on any atom is 0.222 e. The molecule has 0 atom stereocenters. The van der Waals surface area contributed by atoms with E-state index in [2.05, 4.69) is 31.2 Å². The number of nitrogens with two attached hydrogens (primary N) is 1. The first-order chi connectivity index (χ1) is 8.20. The molecule has 17 heavy (non-hydrogen) atoms. The number of nitrogens with one attached hydrogen (secondary N) is 1. The Labute approximate surface area is 108 Å². The molecule has 0 fully saturated rings. The van der Waals surface area contributed by atoms with Crippen molar-refractivity contribution in [2.24, 2.45) is 0 Å². The van der Waals surface area contributed by atoms with Crippen molar-refractivity contribution < 1.29 is 4.74 Å². The zero-order valence-electron chi connectivity index (χ0n) is 9.40. The van der Waals surface area contributed by atoms with Crippen molar-refractivity contribution in [1.29, 1.82) is 0 Å². The average Bonchev–Trinajstić information content (AvgIpc) is 2.30. The van der Waals surface area contributed by atoms with Gasteiger partial charge in [-0.25, -0.2) is 4.98 Å². The summed E-state index contributed by atoms with van der Waals surface area (Å²) < 4.78 is 5.96. The molecule has 2 aromatic rings. The van der Waals surface area contributed by atoms with Gasteiger partial charge in [-0.1, -0.05) is 15.9 Å². The number of hydrogen-bond acceptors (Lipinski definition) is 5. The van der Waals surface area contributed by atoms with Gasteiger partial charge in [0.1, 0.15) is 5.82 Å². The number of anilines is 2. The molecule has 0 amide bonds. The molecule has 90 valence electrons. The van der Waals surface area contributed by atoms with Crippen LogP contribution in [0.15, 0.2) is 22.7 Å². The Morgan fingerprint density at radius 1 is 1.41 bits per heavy atom. The monoisotopic (exact) mass is 296 g/mol. The molecule has 1 heterocycles. The molecule has 0 bridgehead atoms. The van der Waals surface area contributed by atoms with Gasteiger partial charge in [0, 0.05) is 23.5 Å². The van der Waals surface area contributed by atoms with Gasteiger partial charge < -0.3 is 15.8 Å². The quantitative estimate of drug-likeness (QED) is 0.845. The van der Waals surface area contributed by atoms with Crippen molar-refractivity contribution in [3.8, 4) is 0 Å². The van der Waals surface area contributed by atoms with Crippen LogP contribution in [0.5, 0.6) is 0 Å². The minimum Gasteiger partial charge on any atom is -0.383 e. The van der Waals surface area contributed by atoms with E-state index in [1.165, 1.54) is 0 Å². The summed E-state index contributed by atoms with van der Waals surface area (Å²) in [7, 11) is 1.66. The van der Waals surface area contributed by atoms with Gasteiger partial charge in [-0.05, 0) is 18.2 Å². The first-order valence-electron chi connectivity index (χ1n) is 5.16. The predicted octanol–water partition coefficient (Wildman–Crippen LogP) is 2.03. The van der Waals surface area contributed by atoms with E-state index in [4.69, 9.17) is 10.5 Å². The maximum absolute atomic E-state index is 5.66. The van der Waals surface area contributed by atoms with Gasteiger partial charge in [0.25, 0.3) is 0 Å². The van der Waals surface area contributed by atoms with E-state index in [0.29, 0.717) is 13.2 Å². The zero-order valence-corrected chi connectivity index (χ0v) is 11.0. The molecule has 2 rings (SSSR count). The molecular formula is C11H13BrN4O. The standard InChI is InChI=1S/C11H13BrN4O/c1-17-5-4-14-10-8-6-7(12)2-3-9(8)15-11(13)16-10/h2-3,6H,4-5H2,1H3,(H3,13,14,15,16). The Morgan fingerprint density at radius 2 is 2.24 bits per heavy atom. The van der Waals surface area contributed by atoms with E-state index in [1.54, 1.807) is 7.11 Å². The van der Waals surface area contributed by atoms with Crippen molar-refractivity contribution in [1.82, 2.24) is 9.97 Å². The maximum atomic E-state index is 5.66. The third-order valence-corrected chi connectivity index (χ3v) is 2.77. The molecule has 0 aliphatic rings. The molecule has 6 heteroatoms. The number of nitrogens with zero attached hydrogens (tertiary/aromatic N) is 2. The highest BCUT2D eigenvalue weighted by molar-refractivity contribution is 9.10. The van der Waals surface area contributed by atoms with Crippen molar-refractivity contribution in [3.05, 3.63) is 22.7 Å². The average molecular weight is 297 g/mol. The summed E-state index contributed by atoms with van der Waals surface area (Å²) in [6.45, 7) is 1.29. The van der Waals surface area contributed by atoms with Gasteiger partial charge in [-0.15, -0.1) is 0 Å².